The molecular formula is C58H96O29S. The third-order valence-corrected chi connectivity index (χ3v) is 22.6. The first-order valence-electron chi connectivity index (χ1n) is 31.1. The third-order valence-electron chi connectivity index (χ3n) is 22.1. The summed E-state index contributed by atoms with van der Waals surface area (Å²) >= 11 is 0. The fraction of sp³-hybridized carbons (Fsp3) is 0.966. The van der Waals surface area contributed by atoms with E-state index < -0.39 is 223 Å². The molecule has 6 saturated heterocycles. The smallest absolute Gasteiger partial charge is 0.394 e. The molecule has 0 aromatic rings. The Morgan fingerprint density at radius 2 is 1.10 bits per heavy atom. The molecule has 30 heteroatoms. The van der Waals surface area contributed by atoms with E-state index in [4.69, 9.17) is 56.3 Å². The van der Waals surface area contributed by atoms with Crippen LogP contribution in [0.4, 0.5) is 0 Å². The molecule has 0 radical (unpaired) electrons. The molecule has 10 aliphatic rings. The van der Waals surface area contributed by atoms with E-state index in [0.717, 1.165) is 5.57 Å². The zero-order chi connectivity index (χ0) is 64.5. The van der Waals surface area contributed by atoms with E-state index in [1.54, 1.807) is 6.92 Å². The number of allylic oxidation sites excluding steroid dienone is 2. The second-order valence-electron chi connectivity index (χ2n) is 27.9. The fourth-order valence-electron chi connectivity index (χ4n) is 16.8. The summed E-state index contributed by atoms with van der Waals surface area (Å²) in [7, 11) is -4.90. The van der Waals surface area contributed by atoms with E-state index in [1.807, 2.05) is 20.8 Å². The van der Waals surface area contributed by atoms with Gasteiger partial charge >= 0.3 is 10.4 Å². The van der Waals surface area contributed by atoms with E-state index >= 15 is 0 Å². The number of hydrogen-bond acceptors (Lipinski definition) is 28. The van der Waals surface area contributed by atoms with Crippen LogP contribution >= 0.6 is 0 Å². The molecule has 29 nitrogen and oxygen atoms in total. The van der Waals surface area contributed by atoms with Gasteiger partial charge in [0.05, 0.1) is 61.0 Å². The lowest BCUT2D eigenvalue weighted by molar-refractivity contribution is -0.407. The predicted molar refractivity (Wildman–Crippen MR) is 295 cm³/mol. The van der Waals surface area contributed by atoms with Gasteiger partial charge in [0.15, 0.2) is 31.5 Å². The summed E-state index contributed by atoms with van der Waals surface area (Å²) < 4.78 is 108. The standard InChI is InChI=1S/C58H96O29S/c1-19(2)20(3)33(60)50-58(10,72)49-31(80-50)17-28-26-16-30(29-15-25(87-88(73,74)75)11-13-56(29,8)27(26)12-14-57(28,49)9)81-53-44(71)46(36(63)23(6)78-53)84-54-48(86-52-42(69)39(66)35(62)22(5)77-52)43(70)45(24(7)79-54)83-55-47(40(67)37(64)32(18-59)82-55)85-51-41(68)38(65)34(61)21(4)76-51/h12,19-26,28-55,59-72H,11,13-18H2,1-10H3,(H,73,74,75)/t20?,21-,22-,23-,24-,25+,26-,28+,29-,30+,31+,32-,33+,34+,35-,36-,37-,38+,39+,40+,41-,42-,43+,44-,45-,46+,47-,48-,49+,50+,51+,52+,53+,54+,55+,56-,57+,58-/m1/s1. The van der Waals surface area contributed by atoms with E-state index in [1.165, 1.54) is 27.7 Å². The Morgan fingerprint density at radius 1 is 0.580 bits per heavy atom. The molecule has 4 aliphatic carbocycles. The topological polar surface area (TPSA) is 448 Å². The van der Waals surface area contributed by atoms with Crippen molar-refractivity contribution in [3.63, 3.8) is 0 Å². The maximum atomic E-state index is 12.5. The van der Waals surface area contributed by atoms with Crippen molar-refractivity contribution in [1.29, 1.82) is 0 Å². The van der Waals surface area contributed by atoms with Crippen LogP contribution in [0.5, 0.6) is 0 Å². The number of aliphatic hydroxyl groups is 14. The molecule has 15 N–H and O–H groups in total. The lowest BCUT2D eigenvalue weighted by atomic mass is 9.47. The molecule has 0 spiro atoms. The number of fused-ring (bicyclic) bond motifs is 7. The van der Waals surface area contributed by atoms with Crippen molar-refractivity contribution in [3.8, 4) is 0 Å². The van der Waals surface area contributed by atoms with Crippen LogP contribution in [0.1, 0.15) is 108 Å². The predicted octanol–water partition coefficient (Wildman–Crippen LogP) is -3.26. The summed E-state index contributed by atoms with van der Waals surface area (Å²) in [6, 6.07) is 0. The van der Waals surface area contributed by atoms with Gasteiger partial charge in [0.2, 0.25) is 0 Å². The van der Waals surface area contributed by atoms with Gasteiger partial charge in [-0.05, 0) is 114 Å². The van der Waals surface area contributed by atoms with Gasteiger partial charge in [0.1, 0.15) is 104 Å². The van der Waals surface area contributed by atoms with Gasteiger partial charge in [-0.2, -0.15) is 8.42 Å². The molecule has 6 heterocycles. The number of rotatable bonds is 16. The zero-order valence-electron chi connectivity index (χ0n) is 51.1. The molecule has 0 bridgehead atoms. The van der Waals surface area contributed by atoms with Crippen LogP contribution < -0.4 is 0 Å². The molecule has 10 rings (SSSR count). The van der Waals surface area contributed by atoms with Crippen LogP contribution in [-0.2, 0) is 66.7 Å². The van der Waals surface area contributed by atoms with Crippen LogP contribution in [0, 0.1) is 46.3 Å². The van der Waals surface area contributed by atoms with Gasteiger partial charge in [-0.1, -0.05) is 46.3 Å². The summed E-state index contributed by atoms with van der Waals surface area (Å²) in [5, 5.41) is 158. The van der Waals surface area contributed by atoms with E-state index in [9.17, 15) is 84.5 Å². The highest BCUT2D eigenvalue weighted by Gasteiger charge is 2.71. The van der Waals surface area contributed by atoms with E-state index in [-0.39, 0.29) is 48.9 Å². The summed E-state index contributed by atoms with van der Waals surface area (Å²) in [6.07, 6.45) is -42.4. The first-order valence-corrected chi connectivity index (χ1v) is 32.5. The molecule has 88 heavy (non-hydrogen) atoms. The Bertz CT molecular complexity index is 2530. The van der Waals surface area contributed by atoms with Crippen LogP contribution in [0.25, 0.3) is 0 Å². The average molecular weight is 1290 g/mol. The van der Waals surface area contributed by atoms with Crippen molar-refractivity contribution in [2.24, 2.45) is 46.3 Å². The third kappa shape index (κ3) is 12.5. The average Bonchev–Trinajstić information content (AvgIpc) is 1.46. The van der Waals surface area contributed by atoms with Crippen LogP contribution in [0.3, 0.4) is 0 Å². The Labute approximate surface area is 511 Å². The minimum atomic E-state index is -4.90. The molecule has 0 amide bonds. The zero-order valence-corrected chi connectivity index (χ0v) is 52.0. The first kappa shape index (κ1) is 69.4. The number of ether oxygens (including phenoxy) is 11. The Kier molecular flexibility index (Phi) is 20.5. The number of aliphatic hydroxyl groups excluding tert-OH is 13. The molecule has 1 unspecified atom stereocenters. The van der Waals surface area contributed by atoms with Gasteiger partial charge in [-0.15, -0.1) is 0 Å². The quantitative estimate of drug-likeness (QED) is 0.0533. The number of hydrogen-bond donors (Lipinski definition) is 15. The molecule has 3 saturated carbocycles. The van der Waals surface area contributed by atoms with E-state index in [0.29, 0.717) is 19.3 Å². The van der Waals surface area contributed by atoms with Crippen molar-refractivity contribution in [2.45, 2.75) is 297 Å². The summed E-state index contributed by atoms with van der Waals surface area (Å²) in [5.41, 5.74) is -1.51. The molecule has 9 fully saturated rings. The second kappa shape index (κ2) is 26.0. The second-order valence-corrected chi connectivity index (χ2v) is 29.0. The molecular weight excluding hydrogens is 1190 g/mol. The highest BCUT2D eigenvalue weighted by molar-refractivity contribution is 7.80. The summed E-state index contributed by atoms with van der Waals surface area (Å²) in [5.74, 6) is -1.27. The highest BCUT2D eigenvalue weighted by Crippen LogP contribution is 2.69. The van der Waals surface area contributed by atoms with Gasteiger partial charge in [0, 0.05) is 5.92 Å². The van der Waals surface area contributed by atoms with E-state index in [2.05, 4.69) is 19.9 Å². The van der Waals surface area contributed by atoms with Gasteiger partial charge in [-0.25, -0.2) is 4.18 Å². The SMILES string of the molecule is CC(C)C(C)[C@H](O)[C@@H]1O[C@H]2C[C@H]3[C@@H]4C[C@H](O[C@@H]5O[C@H](C)[C@@H](O)[C@H](O[C@@H]6O[C@H](C)[C@@H](O[C@@H]7O[C@H](CO)[C@@H](O)[C@H](O)[C@H]7O[C@@H]7O[C@H](C)[C@H](O)[C@H](O)[C@H]7O)[C@H](O)[C@H]6O[C@@H]6O[C@H](C)[C@@H](O)[C@H](O)[C@H]6O)[C@H]5O)[C@H]5C[C@@H](OS(=O)(=O)O)CC[C@]5(C)C4=CC[C@]3(C)[C@H]2[C@@]1(C)O. The molecule has 508 valence electrons. The highest BCUT2D eigenvalue weighted by atomic mass is 32.3. The first-order chi connectivity index (χ1) is 41.0. The van der Waals surface area contributed by atoms with Crippen LogP contribution in [0.15, 0.2) is 11.6 Å². The molecule has 0 aromatic heterocycles. The largest absolute Gasteiger partial charge is 0.397 e. The minimum absolute atomic E-state index is 0.0830. The van der Waals surface area contributed by atoms with Crippen LogP contribution in [-0.4, -0.2) is 281 Å². The lowest BCUT2D eigenvalue weighted by Gasteiger charge is -2.60. The van der Waals surface area contributed by atoms with Crippen molar-refractivity contribution >= 4 is 10.4 Å². The summed E-state index contributed by atoms with van der Waals surface area (Å²) in [6.45, 7) is 16.7. The molecule has 6 aliphatic heterocycles. The van der Waals surface area contributed by atoms with Crippen molar-refractivity contribution in [2.75, 3.05) is 6.61 Å². The Balaban J connectivity index is 0.930. The fourth-order valence-corrected chi connectivity index (χ4v) is 17.3. The maximum absolute atomic E-state index is 12.5. The van der Waals surface area contributed by atoms with Gasteiger partial charge < -0.3 is 124 Å². The maximum Gasteiger partial charge on any atom is 0.397 e. The van der Waals surface area contributed by atoms with Crippen LogP contribution in [0.2, 0.25) is 0 Å². The monoisotopic (exact) mass is 1290 g/mol. The Hall–Kier alpha value is -1.39. The lowest BCUT2D eigenvalue weighted by Crippen LogP contribution is -2.68. The minimum Gasteiger partial charge on any atom is -0.394 e. The van der Waals surface area contributed by atoms with Crippen molar-refractivity contribution in [1.82, 2.24) is 0 Å². The normalized spacial score (nSPS) is 54.8. The van der Waals surface area contributed by atoms with Gasteiger partial charge in [0.25, 0.3) is 0 Å². The van der Waals surface area contributed by atoms with Crippen molar-refractivity contribution < 1.29 is 141 Å². The van der Waals surface area contributed by atoms with Gasteiger partial charge in [-0.3, -0.25) is 4.55 Å². The molecule has 0 aromatic carbocycles. The summed E-state index contributed by atoms with van der Waals surface area (Å²) in [4.78, 5) is 0. The molecule has 38 atom stereocenters. The van der Waals surface area contributed by atoms with Crippen molar-refractivity contribution in [3.05, 3.63) is 11.6 Å². The Morgan fingerprint density at radius 3 is 1.67 bits per heavy atom.